The van der Waals surface area contributed by atoms with Gasteiger partial charge in [-0.3, -0.25) is 4.79 Å². The van der Waals surface area contributed by atoms with Crippen LogP contribution in [0.25, 0.3) is 0 Å². The molecule has 0 aromatic heterocycles. The smallest absolute Gasteiger partial charge is 0.256 e. The molecule has 1 aromatic carbocycles. The summed E-state index contributed by atoms with van der Waals surface area (Å²) in [5.74, 6) is 0.715. The molecule has 2 fully saturated rings. The minimum absolute atomic E-state index is 0.0584. The summed E-state index contributed by atoms with van der Waals surface area (Å²) in [5.41, 5.74) is 7.06. The van der Waals surface area contributed by atoms with Crippen molar-refractivity contribution in [2.75, 3.05) is 12.3 Å². The predicted molar refractivity (Wildman–Crippen MR) is 86.5 cm³/mol. The molecular formula is C17H23ClN2O. The molecule has 0 spiro atoms. The highest BCUT2D eigenvalue weighted by Gasteiger charge is 2.35. The fourth-order valence-electron chi connectivity index (χ4n) is 3.30. The van der Waals surface area contributed by atoms with Crippen LogP contribution >= 0.6 is 11.6 Å². The Balaban J connectivity index is 1.76. The lowest BCUT2D eigenvalue weighted by Gasteiger charge is -2.30. The number of amides is 1. The number of nitrogens with zero attached hydrogens (tertiary/aromatic N) is 1. The van der Waals surface area contributed by atoms with E-state index in [1.54, 1.807) is 18.2 Å². The molecule has 2 aliphatic rings. The van der Waals surface area contributed by atoms with E-state index >= 15 is 0 Å². The van der Waals surface area contributed by atoms with Crippen molar-refractivity contribution in [3.63, 3.8) is 0 Å². The Labute approximate surface area is 131 Å². The fraction of sp³-hybridized carbons (Fsp3) is 0.588. The van der Waals surface area contributed by atoms with E-state index in [0.717, 1.165) is 19.4 Å². The molecule has 0 atom stereocenters. The van der Waals surface area contributed by atoms with E-state index in [-0.39, 0.29) is 5.91 Å². The van der Waals surface area contributed by atoms with Crippen LogP contribution in [0.1, 0.15) is 55.3 Å². The van der Waals surface area contributed by atoms with Crippen molar-refractivity contribution in [2.45, 2.75) is 51.0 Å². The van der Waals surface area contributed by atoms with Crippen molar-refractivity contribution < 1.29 is 4.79 Å². The number of halogens is 1. The highest BCUT2D eigenvalue weighted by molar-refractivity contribution is 6.31. The van der Waals surface area contributed by atoms with Crippen LogP contribution in [0.4, 0.5) is 5.69 Å². The number of nitrogens with two attached hydrogens (primary N) is 1. The van der Waals surface area contributed by atoms with Gasteiger partial charge in [-0.2, -0.15) is 0 Å². The van der Waals surface area contributed by atoms with Crippen LogP contribution in [0.2, 0.25) is 5.02 Å². The van der Waals surface area contributed by atoms with Gasteiger partial charge in [-0.15, -0.1) is 0 Å². The van der Waals surface area contributed by atoms with Gasteiger partial charge < -0.3 is 10.6 Å². The Bertz CT molecular complexity index is 522. The number of hydrogen-bond acceptors (Lipinski definition) is 2. The lowest BCUT2D eigenvalue weighted by atomic mass is 9.88. The molecule has 1 aromatic rings. The standard InChI is InChI=1S/C17H23ClN2O/c18-13-6-9-16(19)15(10-13)17(21)20(14-7-8-14)11-12-4-2-1-3-5-12/h6,9-10,12,14H,1-5,7-8,11,19H2. The quantitative estimate of drug-likeness (QED) is 0.851. The van der Waals surface area contributed by atoms with Crippen molar-refractivity contribution >= 4 is 23.2 Å². The van der Waals surface area contributed by atoms with Gasteiger partial charge in [-0.05, 0) is 49.8 Å². The van der Waals surface area contributed by atoms with Crippen molar-refractivity contribution in [2.24, 2.45) is 5.92 Å². The van der Waals surface area contributed by atoms with Crippen molar-refractivity contribution in [3.8, 4) is 0 Å². The van der Waals surface area contributed by atoms with Crippen molar-refractivity contribution in [1.82, 2.24) is 4.90 Å². The average molecular weight is 307 g/mol. The Morgan fingerprint density at radius 2 is 1.90 bits per heavy atom. The molecule has 0 radical (unpaired) electrons. The van der Waals surface area contributed by atoms with Gasteiger partial charge in [0.05, 0.1) is 5.56 Å². The zero-order valence-electron chi connectivity index (χ0n) is 12.4. The van der Waals surface area contributed by atoms with Gasteiger partial charge in [0.15, 0.2) is 0 Å². The molecule has 3 rings (SSSR count). The van der Waals surface area contributed by atoms with E-state index in [1.165, 1.54) is 32.1 Å². The number of rotatable bonds is 4. The fourth-order valence-corrected chi connectivity index (χ4v) is 3.47. The molecule has 0 heterocycles. The van der Waals surface area contributed by atoms with Gasteiger partial charge in [0.1, 0.15) is 0 Å². The summed E-state index contributed by atoms with van der Waals surface area (Å²) in [7, 11) is 0. The maximum atomic E-state index is 12.9. The van der Waals surface area contributed by atoms with Gasteiger partial charge in [0.2, 0.25) is 0 Å². The molecule has 114 valence electrons. The molecule has 0 bridgehead atoms. The first-order valence-corrected chi connectivity index (χ1v) is 8.39. The minimum Gasteiger partial charge on any atom is -0.398 e. The summed E-state index contributed by atoms with van der Waals surface area (Å²) in [6.07, 6.45) is 8.70. The molecule has 2 aliphatic carbocycles. The van der Waals surface area contributed by atoms with E-state index < -0.39 is 0 Å². The third-order valence-corrected chi connectivity index (χ3v) is 4.91. The highest BCUT2D eigenvalue weighted by atomic mass is 35.5. The van der Waals surface area contributed by atoms with Crippen molar-refractivity contribution in [1.29, 1.82) is 0 Å². The first-order valence-electron chi connectivity index (χ1n) is 8.01. The van der Waals surface area contributed by atoms with Crippen LogP contribution in [0.15, 0.2) is 18.2 Å². The number of nitrogen functional groups attached to an aromatic ring is 1. The lowest BCUT2D eigenvalue weighted by molar-refractivity contribution is 0.0700. The van der Waals surface area contributed by atoms with Crippen LogP contribution in [0.5, 0.6) is 0 Å². The number of carbonyl (C=O) groups excluding carboxylic acids is 1. The number of anilines is 1. The lowest BCUT2D eigenvalue weighted by Crippen LogP contribution is -2.38. The van der Waals surface area contributed by atoms with E-state index in [4.69, 9.17) is 17.3 Å². The van der Waals surface area contributed by atoms with Crippen LogP contribution in [-0.2, 0) is 0 Å². The largest absolute Gasteiger partial charge is 0.398 e. The van der Waals surface area contributed by atoms with E-state index in [1.807, 2.05) is 0 Å². The van der Waals surface area contributed by atoms with Gasteiger partial charge in [0, 0.05) is 23.3 Å². The first kappa shape index (κ1) is 14.7. The third kappa shape index (κ3) is 3.52. The van der Waals surface area contributed by atoms with Crippen LogP contribution in [0.3, 0.4) is 0 Å². The Morgan fingerprint density at radius 3 is 2.57 bits per heavy atom. The third-order valence-electron chi connectivity index (χ3n) is 4.67. The molecule has 1 amide bonds. The molecule has 0 unspecified atom stereocenters. The van der Waals surface area contributed by atoms with Crippen LogP contribution < -0.4 is 5.73 Å². The van der Waals surface area contributed by atoms with Crippen LogP contribution in [0, 0.1) is 5.92 Å². The van der Waals surface area contributed by atoms with Gasteiger partial charge in [-0.1, -0.05) is 30.9 Å². The molecule has 2 saturated carbocycles. The summed E-state index contributed by atoms with van der Waals surface area (Å²) < 4.78 is 0. The normalized spacial score (nSPS) is 19.5. The Morgan fingerprint density at radius 1 is 1.19 bits per heavy atom. The number of benzene rings is 1. The van der Waals surface area contributed by atoms with E-state index in [2.05, 4.69) is 4.90 Å². The van der Waals surface area contributed by atoms with Crippen LogP contribution in [-0.4, -0.2) is 23.4 Å². The highest BCUT2D eigenvalue weighted by Crippen LogP contribution is 2.33. The summed E-state index contributed by atoms with van der Waals surface area (Å²) >= 11 is 6.03. The summed E-state index contributed by atoms with van der Waals surface area (Å²) in [6, 6.07) is 5.57. The summed E-state index contributed by atoms with van der Waals surface area (Å²) in [6.45, 7) is 0.884. The maximum absolute atomic E-state index is 12.9. The predicted octanol–water partition coefficient (Wildman–Crippen LogP) is 4.11. The first-order chi connectivity index (χ1) is 10.1. The van der Waals surface area contributed by atoms with E-state index in [0.29, 0.717) is 28.2 Å². The van der Waals surface area contributed by atoms with Crippen molar-refractivity contribution in [3.05, 3.63) is 28.8 Å². The Hall–Kier alpha value is -1.22. The van der Waals surface area contributed by atoms with Gasteiger partial charge in [0.25, 0.3) is 5.91 Å². The second-order valence-corrected chi connectivity index (χ2v) is 6.86. The maximum Gasteiger partial charge on any atom is 0.256 e. The van der Waals surface area contributed by atoms with Gasteiger partial charge >= 0.3 is 0 Å². The second-order valence-electron chi connectivity index (χ2n) is 6.42. The topological polar surface area (TPSA) is 46.3 Å². The molecular weight excluding hydrogens is 284 g/mol. The molecule has 2 N–H and O–H groups in total. The number of hydrogen-bond donors (Lipinski definition) is 1. The molecule has 0 saturated heterocycles. The molecule has 3 nitrogen and oxygen atoms in total. The molecule has 0 aliphatic heterocycles. The number of carbonyl (C=O) groups is 1. The zero-order chi connectivity index (χ0) is 14.8. The van der Waals surface area contributed by atoms with Gasteiger partial charge in [-0.25, -0.2) is 0 Å². The second kappa shape index (κ2) is 6.27. The van der Waals surface area contributed by atoms with E-state index in [9.17, 15) is 4.79 Å². The molecule has 4 heteroatoms. The average Bonchev–Trinajstić information content (AvgIpc) is 3.32. The SMILES string of the molecule is Nc1ccc(Cl)cc1C(=O)N(CC1CCCCC1)C1CC1. The summed E-state index contributed by atoms with van der Waals surface area (Å²) in [5, 5.41) is 0.570. The Kier molecular flexibility index (Phi) is 4.39. The minimum atomic E-state index is 0.0584. The molecule has 21 heavy (non-hydrogen) atoms. The monoisotopic (exact) mass is 306 g/mol. The zero-order valence-corrected chi connectivity index (χ0v) is 13.1. The summed E-state index contributed by atoms with van der Waals surface area (Å²) in [4.78, 5) is 14.9.